The van der Waals surface area contributed by atoms with Crippen LogP contribution in [0.25, 0.3) is 0 Å². The number of benzene rings is 2. The zero-order valence-corrected chi connectivity index (χ0v) is 22.6. The minimum absolute atomic E-state index is 0.0373. The molecule has 0 unspecified atom stereocenters. The van der Waals surface area contributed by atoms with Gasteiger partial charge in [0.2, 0.25) is 21.8 Å². The Kier molecular flexibility index (Phi) is 8.76. The monoisotopic (exact) mass is 527 g/mol. The molecular weight excluding hydrogens is 490 g/mol. The molecule has 200 valence electrons. The van der Waals surface area contributed by atoms with E-state index in [1.54, 1.807) is 52.0 Å². The maximum absolute atomic E-state index is 13.6. The molecule has 0 radical (unpaired) electrons. The molecule has 2 aromatic carbocycles. The number of amidine groups is 1. The molecule has 1 atom stereocenters. The molecule has 0 spiro atoms. The van der Waals surface area contributed by atoms with Gasteiger partial charge in [-0.3, -0.25) is 15.0 Å². The Hall–Kier alpha value is -3.24. The maximum atomic E-state index is 13.6. The molecule has 9 nitrogen and oxygen atoms in total. The normalized spacial score (nSPS) is 15.3. The molecular formula is C27H37N5O4S. The van der Waals surface area contributed by atoms with Crippen molar-refractivity contribution in [1.82, 2.24) is 15.4 Å². The number of rotatable bonds is 11. The summed E-state index contributed by atoms with van der Waals surface area (Å²) >= 11 is 0. The molecule has 37 heavy (non-hydrogen) atoms. The first kappa shape index (κ1) is 28.3. The van der Waals surface area contributed by atoms with Gasteiger partial charge in [-0.15, -0.1) is 0 Å². The average molecular weight is 528 g/mol. The van der Waals surface area contributed by atoms with E-state index in [9.17, 15) is 18.0 Å². The third-order valence-corrected chi connectivity index (χ3v) is 8.14. The lowest BCUT2D eigenvalue weighted by atomic mass is 9.92. The lowest BCUT2D eigenvalue weighted by Gasteiger charge is -2.32. The third kappa shape index (κ3) is 7.17. The number of amides is 2. The molecule has 0 aromatic heterocycles. The summed E-state index contributed by atoms with van der Waals surface area (Å²) in [5.41, 5.74) is 7.59. The van der Waals surface area contributed by atoms with Gasteiger partial charge in [0, 0.05) is 24.9 Å². The van der Waals surface area contributed by atoms with Crippen LogP contribution < -0.4 is 21.1 Å². The molecule has 2 amide bonds. The van der Waals surface area contributed by atoms with Gasteiger partial charge in [-0.1, -0.05) is 76.2 Å². The van der Waals surface area contributed by atoms with E-state index in [4.69, 9.17) is 11.1 Å². The molecule has 10 heteroatoms. The highest BCUT2D eigenvalue weighted by Crippen LogP contribution is 2.31. The second-order valence-corrected chi connectivity index (χ2v) is 12.3. The molecule has 1 aliphatic carbocycles. The van der Waals surface area contributed by atoms with Crippen LogP contribution in [0.5, 0.6) is 0 Å². The van der Waals surface area contributed by atoms with Crippen LogP contribution >= 0.6 is 0 Å². The number of carbonyl (C=O) groups excluding carboxylic acids is 2. The summed E-state index contributed by atoms with van der Waals surface area (Å²) in [5.74, 6) is -1.44. The summed E-state index contributed by atoms with van der Waals surface area (Å²) in [4.78, 5) is 27.1. The number of sulfonamides is 1. The molecule has 0 saturated heterocycles. The van der Waals surface area contributed by atoms with Gasteiger partial charge in [0.05, 0.1) is 5.75 Å². The Morgan fingerprint density at radius 3 is 2.05 bits per heavy atom. The fourth-order valence-corrected chi connectivity index (χ4v) is 6.30. The van der Waals surface area contributed by atoms with Gasteiger partial charge in [-0.05, 0) is 28.5 Å². The Bertz CT molecular complexity index is 1230. The maximum Gasteiger partial charge on any atom is 0.246 e. The summed E-state index contributed by atoms with van der Waals surface area (Å²) < 4.78 is 27.8. The van der Waals surface area contributed by atoms with Crippen molar-refractivity contribution in [3.63, 3.8) is 0 Å². The van der Waals surface area contributed by atoms with E-state index < -0.39 is 27.5 Å². The molecule has 0 heterocycles. The highest BCUT2D eigenvalue weighted by Gasteiger charge is 2.46. The van der Waals surface area contributed by atoms with E-state index in [-0.39, 0.29) is 35.9 Å². The Labute approximate surface area is 219 Å². The lowest BCUT2D eigenvalue weighted by Crippen LogP contribution is -2.63. The Morgan fingerprint density at radius 1 is 1.00 bits per heavy atom. The predicted octanol–water partition coefficient (Wildman–Crippen LogP) is 1.84. The van der Waals surface area contributed by atoms with Gasteiger partial charge in [-0.2, -0.15) is 0 Å². The molecule has 3 rings (SSSR count). The van der Waals surface area contributed by atoms with Crippen LogP contribution in [0.15, 0.2) is 48.5 Å². The fraction of sp³-hybridized carbons (Fsp3) is 0.444. The largest absolute Gasteiger partial charge is 0.384 e. The van der Waals surface area contributed by atoms with Crippen molar-refractivity contribution in [3.05, 3.63) is 70.8 Å². The highest BCUT2D eigenvalue weighted by atomic mass is 32.2. The zero-order chi connectivity index (χ0) is 27.4. The number of hydrogen-bond donors (Lipinski definition) is 5. The van der Waals surface area contributed by atoms with Crippen molar-refractivity contribution in [3.8, 4) is 0 Å². The second-order valence-electron chi connectivity index (χ2n) is 10.5. The summed E-state index contributed by atoms with van der Waals surface area (Å²) in [5, 5.41) is 13.4. The summed E-state index contributed by atoms with van der Waals surface area (Å²) in [6.07, 6.45) is 0.598. The van der Waals surface area contributed by atoms with Gasteiger partial charge in [0.15, 0.2) is 0 Å². The van der Waals surface area contributed by atoms with Crippen molar-refractivity contribution in [1.29, 1.82) is 5.41 Å². The second kappa shape index (κ2) is 11.4. The van der Waals surface area contributed by atoms with E-state index in [1.807, 2.05) is 24.3 Å². The number of nitrogens with two attached hydrogens (primary N) is 1. The Balaban J connectivity index is 1.82. The molecule has 6 N–H and O–H groups in total. The minimum Gasteiger partial charge on any atom is -0.384 e. The number of hydrogen-bond acceptors (Lipinski definition) is 5. The first-order chi connectivity index (χ1) is 17.3. The van der Waals surface area contributed by atoms with Crippen LogP contribution in [0.1, 0.15) is 49.9 Å². The standard InChI is InChI=1S/C27H37N5O4S/c1-17(2)16-37(35,36)32-23(18(3)4)25(33)31-27(13-21-7-5-6-8-22(21)14-27)26(34)30-15-19-9-11-20(12-10-19)24(28)29/h5-12,17-18,23,32H,13-16H2,1-4H3,(H3,28,29)(H,30,34)(H,31,33)/t23-/m1/s1. The van der Waals surface area contributed by atoms with Crippen LogP contribution in [0, 0.1) is 17.2 Å². The van der Waals surface area contributed by atoms with E-state index in [2.05, 4.69) is 15.4 Å². The number of carbonyl (C=O) groups is 2. The topological polar surface area (TPSA) is 154 Å². The lowest BCUT2D eigenvalue weighted by molar-refractivity contribution is -0.134. The van der Waals surface area contributed by atoms with Gasteiger partial charge in [-0.25, -0.2) is 13.1 Å². The fourth-order valence-electron chi connectivity index (χ4n) is 4.56. The molecule has 2 aromatic rings. The summed E-state index contributed by atoms with van der Waals surface area (Å²) in [7, 11) is -3.69. The smallest absolute Gasteiger partial charge is 0.246 e. The first-order valence-corrected chi connectivity index (χ1v) is 14.1. The third-order valence-electron chi connectivity index (χ3n) is 6.43. The summed E-state index contributed by atoms with van der Waals surface area (Å²) in [6.45, 7) is 7.35. The van der Waals surface area contributed by atoms with Crippen LogP contribution in [0.2, 0.25) is 0 Å². The van der Waals surface area contributed by atoms with E-state index in [0.717, 1.165) is 16.7 Å². The van der Waals surface area contributed by atoms with Crippen molar-refractivity contribution >= 4 is 27.7 Å². The molecule has 0 aliphatic heterocycles. The van der Waals surface area contributed by atoms with E-state index in [0.29, 0.717) is 18.4 Å². The van der Waals surface area contributed by atoms with Crippen LogP contribution in [-0.2, 0) is 39.0 Å². The number of nitrogens with one attached hydrogen (secondary N) is 4. The van der Waals surface area contributed by atoms with Crippen LogP contribution in [0.4, 0.5) is 0 Å². The van der Waals surface area contributed by atoms with Crippen LogP contribution in [-0.4, -0.2) is 43.4 Å². The van der Waals surface area contributed by atoms with Crippen molar-refractivity contribution in [2.45, 2.75) is 58.7 Å². The van der Waals surface area contributed by atoms with Crippen molar-refractivity contribution < 1.29 is 18.0 Å². The van der Waals surface area contributed by atoms with E-state index in [1.165, 1.54) is 0 Å². The van der Waals surface area contributed by atoms with Crippen molar-refractivity contribution in [2.75, 3.05) is 5.75 Å². The first-order valence-electron chi connectivity index (χ1n) is 12.4. The van der Waals surface area contributed by atoms with Gasteiger partial charge in [0.25, 0.3) is 0 Å². The van der Waals surface area contributed by atoms with Crippen LogP contribution in [0.3, 0.4) is 0 Å². The number of fused-ring (bicyclic) bond motifs is 1. The summed E-state index contributed by atoms with van der Waals surface area (Å²) in [6, 6.07) is 13.6. The Morgan fingerprint density at radius 2 is 1.57 bits per heavy atom. The SMILES string of the molecule is CC(C)CS(=O)(=O)N[C@@H](C(=O)NC1(C(=O)NCc2ccc(C(=N)N)cc2)Cc2ccccc2C1)C(C)C. The van der Waals surface area contributed by atoms with Gasteiger partial charge >= 0.3 is 0 Å². The van der Waals surface area contributed by atoms with Crippen molar-refractivity contribution in [2.24, 2.45) is 17.6 Å². The highest BCUT2D eigenvalue weighted by molar-refractivity contribution is 7.89. The van der Waals surface area contributed by atoms with Gasteiger partial charge in [0.1, 0.15) is 17.4 Å². The number of nitrogen functional groups attached to an aromatic ring is 1. The minimum atomic E-state index is -3.69. The molecule has 1 aliphatic rings. The molecule has 0 saturated carbocycles. The zero-order valence-electron chi connectivity index (χ0n) is 21.8. The predicted molar refractivity (Wildman–Crippen MR) is 144 cm³/mol. The van der Waals surface area contributed by atoms with E-state index >= 15 is 0 Å². The quantitative estimate of drug-likeness (QED) is 0.223. The molecule has 0 fully saturated rings. The molecule has 0 bridgehead atoms. The van der Waals surface area contributed by atoms with Gasteiger partial charge < -0.3 is 16.4 Å². The average Bonchev–Trinajstić information content (AvgIpc) is 3.19.